The number of aryl methyl sites for hydroxylation is 1. The number of hydrogen-bond acceptors (Lipinski definition) is 3. The molecule has 172 valence electrons. The molecule has 6 rings (SSSR count). The monoisotopic (exact) mass is 481 g/mol. The molecule has 1 saturated heterocycles. The molecule has 3 aromatic carbocycles. The summed E-state index contributed by atoms with van der Waals surface area (Å²) < 4.78 is 0. The molecule has 35 heavy (non-hydrogen) atoms. The normalized spacial score (nSPS) is 17.7. The van der Waals surface area contributed by atoms with Gasteiger partial charge in [0.25, 0.3) is 11.7 Å². The number of aliphatic hydroxyl groups excluding tert-OH is 1. The minimum atomic E-state index is -0.832. The number of H-pyrrole nitrogens is 2. The van der Waals surface area contributed by atoms with Gasteiger partial charge in [0.1, 0.15) is 5.76 Å². The van der Waals surface area contributed by atoms with Crippen molar-refractivity contribution in [2.24, 2.45) is 0 Å². The highest BCUT2D eigenvalue weighted by molar-refractivity contribution is 6.52. The van der Waals surface area contributed by atoms with Crippen LogP contribution in [0.15, 0.2) is 84.6 Å². The molecule has 0 saturated carbocycles. The van der Waals surface area contributed by atoms with E-state index in [-0.39, 0.29) is 11.3 Å². The summed E-state index contributed by atoms with van der Waals surface area (Å²) in [5.74, 6) is -1.66. The predicted octanol–water partition coefficient (Wildman–Crippen LogP) is 6.24. The SMILES string of the molecule is Cc1[nH]c2ccccc2c1C1/C(=C(\O)c2c[nH]c3ccccc23)C(=O)C(=O)N1c1ccc(Cl)cc1. The molecule has 0 bridgehead atoms. The zero-order valence-corrected chi connectivity index (χ0v) is 19.4. The van der Waals surface area contributed by atoms with Crippen molar-refractivity contribution in [2.75, 3.05) is 4.90 Å². The highest BCUT2D eigenvalue weighted by Crippen LogP contribution is 2.46. The summed E-state index contributed by atoms with van der Waals surface area (Å²) in [5.41, 5.74) is 4.30. The van der Waals surface area contributed by atoms with Crippen LogP contribution in [-0.4, -0.2) is 26.8 Å². The highest BCUT2D eigenvalue weighted by Gasteiger charge is 2.48. The van der Waals surface area contributed by atoms with E-state index in [1.807, 2.05) is 55.5 Å². The maximum Gasteiger partial charge on any atom is 0.300 e. The van der Waals surface area contributed by atoms with Gasteiger partial charge in [-0.15, -0.1) is 0 Å². The number of aromatic nitrogens is 2. The predicted molar refractivity (Wildman–Crippen MR) is 138 cm³/mol. The average molecular weight is 482 g/mol. The quantitative estimate of drug-likeness (QED) is 0.162. The Hall–Kier alpha value is -4.29. The van der Waals surface area contributed by atoms with Gasteiger partial charge in [0.05, 0.1) is 11.6 Å². The van der Waals surface area contributed by atoms with Gasteiger partial charge in [-0.3, -0.25) is 14.5 Å². The molecule has 6 nitrogen and oxygen atoms in total. The third-order valence-corrected chi connectivity index (χ3v) is 6.86. The van der Waals surface area contributed by atoms with E-state index in [4.69, 9.17) is 11.6 Å². The van der Waals surface area contributed by atoms with Gasteiger partial charge in [-0.25, -0.2) is 0 Å². The lowest BCUT2D eigenvalue weighted by atomic mass is 9.93. The molecule has 1 unspecified atom stereocenters. The van der Waals surface area contributed by atoms with Crippen molar-refractivity contribution in [1.82, 2.24) is 9.97 Å². The maximum atomic E-state index is 13.5. The number of fused-ring (bicyclic) bond motifs is 2. The van der Waals surface area contributed by atoms with Crippen LogP contribution in [0.4, 0.5) is 5.69 Å². The number of nitrogens with one attached hydrogen (secondary N) is 2. The molecule has 0 spiro atoms. The molecule has 5 aromatic rings. The van der Waals surface area contributed by atoms with Crippen LogP contribution < -0.4 is 4.90 Å². The molecule has 0 aliphatic carbocycles. The second-order valence-corrected chi connectivity index (χ2v) is 9.04. The van der Waals surface area contributed by atoms with Gasteiger partial charge < -0.3 is 15.1 Å². The Morgan fingerprint density at radius 2 is 1.57 bits per heavy atom. The molecule has 3 heterocycles. The molecule has 0 radical (unpaired) electrons. The van der Waals surface area contributed by atoms with Crippen LogP contribution in [0.1, 0.15) is 22.9 Å². The Bertz CT molecular complexity index is 1680. The molecule has 1 amide bonds. The van der Waals surface area contributed by atoms with Crippen molar-refractivity contribution in [3.05, 3.63) is 106 Å². The maximum absolute atomic E-state index is 13.5. The number of amides is 1. The minimum absolute atomic E-state index is 0.0440. The Balaban J connectivity index is 1.66. The molecular weight excluding hydrogens is 462 g/mol. The minimum Gasteiger partial charge on any atom is -0.507 e. The lowest BCUT2D eigenvalue weighted by Gasteiger charge is -2.25. The molecule has 2 aromatic heterocycles. The summed E-state index contributed by atoms with van der Waals surface area (Å²) in [6.45, 7) is 1.91. The van der Waals surface area contributed by atoms with E-state index in [0.717, 1.165) is 33.1 Å². The van der Waals surface area contributed by atoms with Crippen LogP contribution in [0.5, 0.6) is 0 Å². The van der Waals surface area contributed by atoms with Gasteiger partial charge in [0.15, 0.2) is 0 Å². The molecule has 1 aliphatic rings. The Morgan fingerprint density at radius 1 is 0.914 bits per heavy atom. The number of aromatic amines is 2. The van der Waals surface area contributed by atoms with Crippen molar-refractivity contribution < 1.29 is 14.7 Å². The molecule has 1 atom stereocenters. The number of rotatable bonds is 3. The number of aliphatic hydroxyl groups is 1. The summed E-state index contributed by atoms with van der Waals surface area (Å²) >= 11 is 6.10. The first-order chi connectivity index (χ1) is 17.0. The molecule has 1 fully saturated rings. The van der Waals surface area contributed by atoms with Crippen molar-refractivity contribution in [2.45, 2.75) is 13.0 Å². The van der Waals surface area contributed by atoms with E-state index < -0.39 is 17.7 Å². The van der Waals surface area contributed by atoms with E-state index in [1.54, 1.807) is 30.5 Å². The van der Waals surface area contributed by atoms with Gasteiger partial charge in [-0.05, 0) is 43.3 Å². The Labute approximate surface area is 205 Å². The number of Topliss-reactive ketones (excluding diaryl/α,β-unsaturated/α-hetero) is 1. The number of hydrogen-bond donors (Lipinski definition) is 3. The summed E-state index contributed by atoms with van der Waals surface area (Å²) in [5, 5.41) is 13.7. The summed E-state index contributed by atoms with van der Waals surface area (Å²) in [7, 11) is 0. The summed E-state index contributed by atoms with van der Waals surface area (Å²) in [6, 6.07) is 21.1. The average Bonchev–Trinajstić information content (AvgIpc) is 3.51. The van der Waals surface area contributed by atoms with Crippen molar-refractivity contribution in [3.63, 3.8) is 0 Å². The van der Waals surface area contributed by atoms with Crippen LogP contribution in [0, 0.1) is 6.92 Å². The number of benzene rings is 3. The number of para-hydroxylation sites is 2. The third-order valence-electron chi connectivity index (χ3n) is 6.61. The molecule has 7 heteroatoms. The van der Waals surface area contributed by atoms with Crippen molar-refractivity contribution in [1.29, 1.82) is 0 Å². The Kier molecular flexibility index (Phi) is 4.79. The number of carbonyl (C=O) groups excluding carboxylic acids is 2. The summed E-state index contributed by atoms with van der Waals surface area (Å²) in [6.07, 6.45) is 1.66. The van der Waals surface area contributed by atoms with Crippen molar-refractivity contribution >= 4 is 56.5 Å². The van der Waals surface area contributed by atoms with E-state index >= 15 is 0 Å². The van der Waals surface area contributed by atoms with Crippen LogP contribution in [0.3, 0.4) is 0 Å². The van der Waals surface area contributed by atoms with Crippen LogP contribution in [0.25, 0.3) is 27.6 Å². The number of anilines is 1. The zero-order valence-electron chi connectivity index (χ0n) is 18.7. The van der Waals surface area contributed by atoms with Gasteiger partial charge in [0, 0.05) is 55.5 Å². The fourth-order valence-electron chi connectivity index (χ4n) is 5.04. The van der Waals surface area contributed by atoms with Gasteiger partial charge in [-0.2, -0.15) is 0 Å². The fraction of sp³-hybridized carbons (Fsp3) is 0.0714. The first-order valence-electron chi connectivity index (χ1n) is 11.2. The smallest absolute Gasteiger partial charge is 0.300 e. The molecule has 3 N–H and O–H groups in total. The lowest BCUT2D eigenvalue weighted by molar-refractivity contribution is -0.132. The summed E-state index contributed by atoms with van der Waals surface area (Å²) in [4.78, 5) is 34.9. The zero-order chi connectivity index (χ0) is 24.3. The number of halogens is 1. The second-order valence-electron chi connectivity index (χ2n) is 8.60. The Morgan fingerprint density at radius 3 is 2.31 bits per heavy atom. The van der Waals surface area contributed by atoms with E-state index in [1.165, 1.54) is 4.90 Å². The van der Waals surface area contributed by atoms with Crippen LogP contribution in [0.2, 0.25) is 5.02 Å². The third kappa shape index (κ3) is 3.18. The molecule has 1 aliphatic heterocycles. The number of ketones is 1. The first-order valence-corrected chi connectivity index (χ1v) is 11.5. The van der Waals surface area contributed by atoms with Gasteiger partial charge in [0.2, 0.25) is 0 Å². The molecular formula is C28H20ClN3O3. The largest absolute Gasteiger partial charge is 0.507 e. The standard InChI is InChI=1S/C28H20ClN3O3/c1-15-23(19-7-3-5-9-22(19)31-15)25-24(26(33)20-14-30-21-8-4-2-6-18(20)21)27(34)28(35)32(25)17-12-10-16(29)11-13-17/h2-14,25,30-31,33H,1H3/b26-24+. The number of nitrogens with zero attached hydrogens (tertiary/aromatic N) is 1. The van der Waals surface area contributed by atoms with Gasteiger partial charge in [-0.1, -0.05) is 48.0 Å². The van der Waals surface area contributed by atoms with Gasteiger partial charge >= 0.3 is 0 Å². The first kappa shape index (κ1) is 21.3. The second kappa shape index (κ2) is 7.89. The van der Waals surface area contributed by atoms with Crippen molar-refractivity contribution in [3.8, 4) is 0 Å². The lowest BCUT2D eigenvalue weighted by Crippen LogP contribution is -2.29. The van der Waals surface area contributed by atoms with E-state index in [0.29, 0.717) is 16.3 Å². The number of carbonyl (C=O) groups is 2. The van der Waals surface area contributed by atoms with Crippen LogP contribution in [-0.2, 0) is 9.59 Å². The highest BCUT2D eigenvalue weighted by atomic mass is 35.5. The fourth-order valence-corrected chi connectivity index (χ4v) is 5.16. The van der Waals surface area contributed by atoms with Crippen LogP contribution >= 0.6 is 11.6 Å². The van der Waals surface area contributed by atoms with E-state index in [2.05, 4.69) is 9.97 Å². The topological polar surface area (TPSA) is 89.2 Å². The van der Waals surface area contributed by atoms with E-state index in [9.17, 15) is 14.7 Å².